The molecule has 60 valence electrons. The van der Waals surface area contributed by atoms with Gasteiger partial charge in [0, 0.05) is 12.1 Å². The van der Waals surface area contributed by atoms with Crippen LogP contribution in [0.1, 0.15) is 12.6 Å². The molecule has 0 aromatic carbocycles. The third-order valence-corrected chi connectivity index (χ3v) is 1.29. The standard InChI is InChI=1S/C8H10FNO/c1-6(11)4-8-3-2-7(9)5-10-8/h2-3,5-6,11H,4H2,1H3. The largest absolute Gasteiger partial charge is 0.393 e. The van der Waals surface area contributed by atoms with Crippen LogP contribution < -0.4 is 0 Å². The van der Waals surface area contributed by atoms with Gasteiger partial charge in [0.1, 0.15) is 5.82 Å². The number of nitrogens with zero attached hydrogens (tertiary/aromatic N) is 1. The van der Waals surface area contributed by atoms with Crippen molar-refractivity contribution in [2.45, 2.75) is 19.4 Å². The van der Waals surface area contributed by atoms with E-state index in [4.69, 9.17) is 5.11 Å². The van der Waals surface area contributed by atoms with Crippen molar-refractivity contribution in [3.63, 3.8) is 0 Å². The van der Waals surface area contributed by atoms with E-state index in [0.29, 0.717) is 12.1 Å². The van der Waals surface area contributed by atoms with Gasteiger partial charge < -0.3 is 5.11 Å². The molecule has 1 unspecified atom stereocenters. The fraction of sp³-hybridized carbons (Fsp3) is 0.375. The van der Waals surface area contributed by atoms with E-state index in [9.17, 15) is 4.39 Å². The summed E-state index contributed by atoms with van der Waals surface area (Å²) in [6, 6.07) is 2.91. The zero-order valence-corrected chi connectivity index (χ0v) is 6.29. The van der Waals surface area contributed by atoms with E-state index in [0.717, 1.165) is 6.20 Å². The number of pyridine rings is 1. The normalized spacial score (nSPS) is 13.0. The zero-order valence-electron chi connectivity index (χ0n) is 6.29. The lowest BCUT2D eigenvalue weighted by atomic mass is 10.2. The van der Waals surface area contributed by atoms with Crippen molar-refractivity contribution in [2.24, 2.45) is 0 Å². The Balaban J connectivity index is 2.66. The van der Waals surface area contributed by atoms with E-state index in [1.807, 2.05) is 0 Å². The number of aliphatic hydroxyl groups excluding tert-OH is 1. The number of aromatic nitrogens is 1. The van der Waals surface area contributed by atoms with E-state index in [2.05, 4.69) is 4.98 Å². The van der Waals surface area contributed by atoms with Gasteiger partial charge in [-0.2, -0.15) is 0 Å². The molecule has 0 radical (unpaired) electrons. The summed E-state index contributed by atoms with van der Waals surface area (Å²) in [4.78, 5) is 3.78. The van der Waals surface area contributed by atoms with E-state index in [1.54, 1.807) is 13.0 Å². The molecule has 0 amide bonds. The van der Waals surface area contributed by atoms with Crippen LogP contribution in [0.5, 0.6) is 0 Å². The Morgan fingerprint density at radius 2 is 2.36 bits per heavy atom. The molecule has 1 atom stereocenters. The second kappa shape index (κ2) is 3.44. The average molecular weight is 155 g/mol. The average Bonchev–Trinajstić information content (AvgIpc) is 1.93. The van der Waals surface area contributed by atoms with Crippen LogP contribution in [0.15, 0.2) is 18.3 Å². The Morgan fingerprint density at radius 3 is 2.82 bits per heavy atom. The van der Waals surface area contributed by atoms with Crippen LogP contribution in [0, 0.1) is 5.82 Å². The van der Waals surface area contributed by atoms with Gasteiger partial charge in [-0.25, -0.2) is 4.39 Å². The molecule has 0 bridgehead atoms. The van der Waals surface area contributed by atoms with Crippen molar-refractivity contribution in [2.75, 3.05) is 0 Å². The Kier molecular flexibility index (Phi) is 2.54. The molecule has 11 heavy (non-hydrogen) atoms. The second-order valence-corrected chi connectivity index (χ2v) is 2.52. The first-order chi connectivity index (χ1) is 5.18. The summed E-state index contributed by atoms with van der Waals surface area (Å²) in [7, 11) is 0. The zero-order chi connectivity index (χ0) is 8.27. The van der Waals surface area contributed by atoms with Crippen molar-refractivity contribution in [1.82, 2.24) is 4.98 Å². The summed E-state index contributed by atoms with van der Waals surface area (Å²) in [6.07, 6.45) is 1.20. The Labute approximate surface area is 64.7 Å². The van der Waals surface area contributed by atoms with Gasteiger partial charge in [0.05, 0.1) is 12.3 Å². The summed E-state index contributed by atoms with van der Waals surface area (Å²) in [5.41, 5.74) is 0.710. The minimum atomic E-state index is -0.423. The van der Waals surface area contributed by atoms with Crippen LogP contribution >= 0.6 is 0 Å². The molecule has 1 N–H and O–H groups in total. The van der Waals surface area contributed by atoms with Gasteiger partial charge in [0.15, 0.2) is 0 Å². The molecule has 0 saturated heterocycles. The lowest BCUT2D eigenvalue weighted by molar-refractivity contribution is 0.194. The summed E-state index contributed by atoms with van der Waals surface area (Å²) < 4.78 is 12.3. The lowest BCUT2D eigenvalue weighted by Crippen LogP contribution is -2.05. The monoisotopic (exact) mass is 155 g/mol. The number of rotatable bonds is 2. The van der Waals surface area contributed by atoms with Gasteiger partial charge >= 0.3 is 0 Å². The molecular formula is C8H10FNO. The molecule has 1 aromatic rings. The molecular weight excluding hydrogens is 145 g/mol. The first-order valence-electron chi connectivity index (χ1n) is 3.47. The number of halogens is 1. The van der Waals surface area contributed by atoms with Gasteiger partial charge in [0.2, 0.25) is 0 Å². The van der Waals surface area contributed by atoms with Crippen LogP contribution in [0.2, 0.25) is 0 Å². The van der Waals surface area contributed by atoms with Crippen molar-refractivity contribution < 1.29 is 9.50 Å². The minimum absolute atomic E-state index is 0.348. The Bertz CT molecular complexity index is 220. The highest BCUT2D eigenvalue weighted by Gasteiger charge is 1.99. The maximum absolute atomic E-state index is 12.3. The molecule has 1 rings (SSSR count). The van der Waals surface area contributed by atoms with Crippen LogP contribution in [0.4, 0.5) is 4.39 Å². The van der Waals surface area contributed by atoms with Crippen molar-refractivity contribution in [3.8, 4) is 0 Å². The predicted molar refractivity (Wildman–Crippen MR) is 39.6 cm³/mol. The molecule has 1 heterocycles. The molecule has 0 fully saturated rings. The summed E-state index contributed by atoms with van der Waals surface area (Å²) >= 11 is 0. The third kappa shape index (κ3) is 2.63. The lowest BCUT2D eigenvalue weighted by Gasteiger charge is -2.01. The Morgan fingerprint density at radius 1 is 1.64 bits per heavy atom. The molecule has 2 nitrogen and oxygen atoms in total. The molecule has 0 aliphatic rings. The van der Waals surface area contributed by atoms with Crippen LogP contribution in [0.3, 0.4) is 0 Å². The van der Waals surface area contributed by atoms with Gasteiger partial charge in [-0.1, -0.05) is 0 Å². The highest BCUT2D eigenvalue weighted by molar-refractivity contribution is 5.05. The topological polar surface area (TPSA) is 33.1 Å². The van der Waals surface area contributed by atoms with Crippen LogP contribution in [-0.2, 0) is 6.42 Å². The third-order valence-electron chi connectivity index (χ3n) is 1.29. The van der Waals surface area contributed by atoms with E-state index in [1.165, 1.54) is 6.07 Å². The molecule has 0 aliphatic heterocycles. The van der Waals surface area contributed by atoms with Gasteiger partial charge in [-0.15, -0.1) is 0 Å². The van der Waals surface area contributed by atoms with Crippen molar-refractivity contribution in [1.29, 1.82) is 0 Å². The molecule has 0 aliphatic carbocycles. The highest BCUT2D eigenvalue weighted by Crippen LogP contribution is 2.00. The minimum Gasteiger partial charge on any atom is -0.393 e. The van der Waals surface area contributed by atoms with E-state index in [-0.39, 0.29) is 5.82 Å². The number of hydrogen-bond donors (Lipinski definition) is 1. The fourth-order valence-electron chi connectivity index (χ4n) is 0.830. The quantitative estimate of drug-likeness (QED) is 0.694. The first kappa shape index (κ1) is 8.14. The summed E-state index contributed by atoms with van der Waals surface area (Å²) in [6.45, 7) is 1.67. The molecule has 3 heteroatoms. The SMILES string of the molecule is CC(O)Cc1ccc(F)cn1. The maximum atomic E-state index is 12.3. The molecule has 1 aromatic heterocycles. The van der Waals surface area contributed by atoms with Gasteiger partial charge in [-0.05, 0) is 19.1 Å². The van der Waals surface area contributed by atoms with Gasteiger partial charge in [-0.3, -0.25) is 4.98 Å². The summed E-state index contributed by atoms with van der Waals surface area (Å²) in [5, 5.41) is 8.94. The second-order valence-electron chi connectivity index (χ2n) is 2.52. The smallest absolute Gasteiger partial charge is 0.141 e. The maximum Gasteiger partial charge on any atom is 0.141 e. The number of hydrogen-bond acceptors (Lipinski definition) is 2. The van der Waals surface area contributed by atoms with Crippen molar-refractivity contribution in [3.05, 3.63) is 29.8 Å². The first-order valence-corrected chi connectivity index (χ1v) is 3.47. The van der Waals surface area contributed by atoms with Crippen molar-refractivity contribution >= 4 is 0 Å². The van der Waals surface area contributed by atoms with E-state index >= 15 is 0 Å². The predicted octanol–water partition coefficient (Wildman–Crippen LogP) is 1.14. The Hall–Kier alpha value is -0.960. The fourth-order valence-corrected chi connectivity index (χ4v) is 0.830. The van der Waals surface area contributed by atoms with Gasteiger partial charge in [0.25, 0.3) is 0 Å². The highest BCUT2D eigenvalue weighted by atomic mass is 19.1. The molecule has 0 saturated carbocycles. The van der Waals surface area contributed by atoms with Crippen LogP contribution in [-0.4, -0.2) is 16.2 Å². The molecule has 0 spiro atoms. The van der Waals surface area contributed by atoms with Crippen LogP contribution in [0.25, 0.3) is 0 Å². The number of aliphatic hydroxyl groups is 1. The summed E-state index contributed by atoms with van der Waals surface area (Å²) in [5.74, 6) is -0.348. The van der Waals surface area contributed by atoms with E-state index < -0.39 is 6.10 Å².